The van der Waals surface area contributed by atoms with Gasteiger partial charge in [0, 0.05) is 33.2 Å². The second-order valence-electron chi connectivity index (χ2n) is 13.0. The molecule has 8 aromatic carbocycles. The summed E-state index contributed by atoms with van der Waals surface area (Å²) in [6.45, 7) is 2.14. The first-order valence-electron chi connectivity index (χ1n) is 17.4. The molecule has 9 rings (SSSR count). The van der Waals surface area contributed by atoms with Gasteiger partial charge in [0.25, 0.3) is 0 Å². The van der Waals surface area contributed by atoms with E-state index in [-0.39, 0.29) is 0 Å². The maximum Gasteiger partial charge on any atom is 0.138 e. The molecule has 0 bridgehead atoms. The van der Waals surface area contributed by atoms with Gasteiger partial charge >= 0.3 is 0 Å². The van der Waals surface area contributed by atoms with Gasteiger partial charge < -0.3 is 9.32 Å². The number of rotatable bonds is 7. The molecule has 9 aromatic rings. The minimum atomic E-state index is 0.923. The second kappa shape index (κ2) is 13.0. The first-order chi connectivity index (χ1) is 25.2. The summed E-state index contributed by atoms with van der Waals surface area (Å²) in [6, 6.07) is 69.2. The highest BCUT2D eigenvalue weighted by atomic mass is 16.3. The lowest BCUT2D eigenvalue weighted by atomic mass is 9.97. The molecule has 0 saturated carbocycles. The molecule has 1 aromatic heterocycles. The predicted octanol–water partition coefficient (Wildman–Crippen LogP) is 14.0. The summed E-state index contributed by atoms with van der Waals surface area (Å²) in [5.74, 6) is 0.929. The highest BCUT2D eigenvalue weighted by molar-refractivity contribution is 6.01. The van der Waals surface area contributed by atoms with Crippen LogP contribution in [-0.4, -0.2) is 0 Å². The van der Waals surface area contributed by atoms with Crippen LogP contribution in [0.15, 0.2) is 199 Å². The van der Waals surface area contributed by atoms with E-state index in [1.807, 2.05) is 12.1 Å². The molecule has 242 valence electrons. The maximum absolute atomic E-state index is 6.28. The maximum atomic E-state index is 6.28. The Kier molecular flexibility index (Phi) is 7.75. The van der Waals surface area contributed by atoms with Crippen LogP contribution in [-0.2, 0) is 0 Å². The van der Waals surface area contributed by atoms with Crippen LogP contribution in [0.5, 0.6) is 0 Å². The van der Waals surface area contributed by atoms with E-state index >= 15 is 0 Å². The average Bonchev–Trinajstić information content (AvgIpc) is 3.55. The number of aryl methyl sites for hydroxylation is 1. The third-order valence-electron chi connectivity index (χ3n) is 9.88. The summed E-state index contributed by atoms with van der Waals surface area (Å²) in [7, 11) is 0. The first kappa shape index (κ1) is 30.4. The highest BCUT2D eigenvalue weighted by Crippen LogP contribution is 2.44. The number of hydrogen-bond acceptors (Lipinski definition) is 2. The van der Waals surface area contributed by atoms with E-state index < -0.39 is 0 Å². The van der Waals surface area contributed by atoms with Crippen LogP contribution in [0.1, 0.15) is 5.56 Å². The van der Waals surface area contributed by atoms with Crippen molar-refractivity contribution in [2.45, 2.75) is 6.92 Å². The smallest absolute Gasteiger partial charge is 0.138 e. The summed E-state index contributed by atoms with van der Waals surface area (Å²) in [5, 5.41) is 3.59. The van der Waals surface area contributed by atoms with Gasteiger partial charge in [0.1, 0.15) is 11.3 Å². The summed E-state index contributed by atoms with van der Waals surface area (Å²) in [5.41, 5.74) is 13.6. The van der Waals surface area contributed by atoms with Gasteiger partial charge in [-0.2, -0.15) is 0 Å². The monoisotopic (exact) mass is 653 g/mol. The minimum Gasteiger partial charge on any atom is -0.456 e. The molecule has 0 unspecified atom stereocenters. The molecule has 1 heterocycles. The lowest BCUT2D eigenvalue weighted by Gasteiger charge is -2.29. The molecular weight excluding hydrogens is 619 g/mol. The predicted molar refractivity (Wildman–Crippen MR) is 215 cm³/mol. The van der Waals surface area contributed by atoms with Crippen molar-refractivity contribution in [2.75, 3.05) is 4.90 Å². The molecule has 0 aliphatic carbocycles. The number of furan rings is 1. The third-order valence-corrected chi connectivity index (χ3v) is 9.88. The Hall–Kier alpha value is -6.64. The zero-order valence-electron chi connectivity index (χ0n) is 28.3. The van der Waals surface area contributed by atoms with E-state index in [0.717, 1.165) is 44.9 Å². The SMILES string of the molecule is Cc1c(-c2cccc(-c3ccc(-c4ccc(N(c5ccccc5-c5ccccc5)c5cccc6ccccc56)cc4)cc3)c2)oc2ccccc12. The molecule has 0 saturated heterocycles. The molecule has 0 amide bonds. The molecule has 0 aliphatic rings. The van der Waals surface area contributed by atoms with Gasteiger partial charge in [0.2, 0.25) is 0 Å². The van der Waals surface area contributed by atoms with Gasteiger partial charge in [-0.15, -0.1) is 0 Å². The Labute approximate surface area is 298 Å². The highest BCUT2D eigenvalue weighted by Gasteiger charge is 2.19. The number of nitrogens with zero attached hydrogens (tertiary/aromatic N) is 1. The van der Waals surface area contributed by atoms with Crippen molar-refractivity contribution in [2.24, 2.45) is 0 Å². The molecule has 0 fully saturated rings. The van der Waals surface area contributed by atoms with Crippen LogP contribution >= 0.6 is 0 Å². The van der Waals surface area contributed by atoms with E-state index in [0.29, 0.717) is 0 Å². The summed E-state index contributed by atoms with van der Waals surface area (Å²) >= 11 is 0. The first-order valence-corrected chi connectivity index (χ1v) is 17.4. The fourth-order valence-corrected chi connectivity index (χ4v) is 7.29. The average molecular weight is 654 g/mol. The van der Waals surface area contributed by atoms with E-state index in [1.54, 1.807) is 0 Å². The van der Waals surface area contributed by atoms with Crippen LogP contribution in [0.3, 0.4) is 0 Å². The fourth-order valence-electron chi connectivity index (χ4n) is 7.29. The Balaban J connectivity index is 1.06. The van der Waals surface area contributed by atoms with Crippen molar-refractivity contribution in [3.63, 3.8) is 0 Å². The van der Waals surface area contributed by atoms with Gasteiger partial charge in [-0.25, -0.2) is 0 Å². The molecule has 0 spiro atoms. The summed E-state index contributed by atoms with van der Waals surface area (Å²) < 4.78 is 6.28. The quantitative estimate of drug-likeness (QED) is 0.170. The van der Waals surface area contributed by atoms with Crippen molar-refractivity contribution < 1.29 is 4.42 Å². The van der Waals surface area contributed by atoms with Crippen molar-refractivity contribution in [3.8, 4) is 44.7 Å². The van der Waals surface area contributed by atoms with E-state index in [2.05, 4.69) is 194 Å². The van der Waals surface area contributed by atoms with Crippen molar-refractivity contribution >= 4 is 38.8 Å². The Morgan fingerprint density at radius 2 is 0.941 bits per heavy atom. The van der Waals surface area contributed by atoms with E-state index in [1.165, 1.54) is 44.2 Å². The lowest BCUT2D eigenvalue weighted by Crippen LogP contribution is -2.11. The van der Waals surface area contributed by atoms with Crippen molar-refractivity contribution in [3.05, 3.63) is 200 Å². The standard InChI is InChI=1S/C49H35NO/c1-34-43-19-8-10-24-48(43)51-49(34)41-18-11-17-40(33-41)37-27-25-35(26-28-37)36-29-31-42(32-30-36)50(47-23-12-16-39-15-5-6-20-45(39)47)46-22-9-7-21-44(46)38-13-3-2-4-14-38/h2-33H,1H3. The van der Waals surface area contributed by atoms with Crippen LogP contribution in [0, 0.1) is 6.92 Å². The van der Waals surface area contributed by atoms with E-state index in [9.17, 15) is 0 Å². The molecular formula is C49H35NO. The Morgan fingerprint density at radius 3 is 1.73 bits per heavy atom. The number of benzene rings is 8. The molecule has 2 nitrogen and oxygen atoms in total. The molecule has 0 aliphatic heterocycles. The molecule has 2 heteroatoms. The summed E-state index contributed by atoms with van der Waals surface area (Å²) in [6.07, 6.45) is 0. The molecule has 0 radical (unpaired) electrons. The fraction of sp³-hybridized carbons (Fsp3) is 0.0204. The number of fused-ring (bicyclic) bond motifs is 2. The van der Waals surface area contributed by atoms with Crippen LogP contribution in [0.25, 0.3) is 66.4 Å². The Bertz CT molecular complexity index is 2630. The van der Waals surface area contributed by atoms with Crippen LogP contribution < -0.4 is 4.90 Å². The lowest BCUT2D eigenvalue weighted by molar-refractivity contribution is 0.629. The summed E-state index contributed by atoms with van der Waals surface area (Å²) in [4.78, 5) is 2.40. The van der Waals surface area contributed by atoms with Crippen molar-refractivity contribution in [1.29, 1.82) is 0 Å². The minimum absolute atomic E-state index is 0.923. The largest absolute Gasteiger partial charge is 0.456 e. The second-order valence-corrected chi connectivity index (χ2v) is 13.0. The Morgan fingerprint density at radius 1 is 0.392 bits per heavy atom. The molecule has 0 atom stereocenters. The number of para-hydroxylation sites is 2. The van der Waals surface area contributed by atoms with Crippen LogP contribution in [0.4, 0.5) is 17.1 Å². The topological polar surface area (TPSA) is 16.4 Å². The van der Waals surface area contributed by atoms with Gasteiger partial charge in [-0.3, -0.25) is 0 Å². The molecule has 0 N–H and O–H groups in total. The van der Waals surface area contributed by atoms with Crippen LogP contribution in [0.2, 0.25) is 0 Å². The normalized spacial score (nSPS) is 11.2. The third kappa shape index (κ3) is 5.67. The van der Waals surface area contributed by atoms with Gasteiger partial charge in [0.05, 0.1) is 11.4 Å². The zero-order valence-corrected chi connectivity index (χ0v) is 28.3. The number of hydrogen-bond donors (Lipinski definition) is 0. The number of anilines is 3. The van der Waals surface area contributed by atoms with Crippen molar-refractivity contribution in [1.82, 2.24) is 0 Å². The van der Waals surface area contributed by atoms with E-state index in [4.69, 9.17) is 4.42 Å². The van der Waals surface area contributed by atoms with Gasteiger partial charge in [-0.05, 0) is 76.5 Å². The molecule has 51 heavy (non-hydrogen) atoms. The van der Waals surface area contributed by atoms with Gasteiger partial charge in [0.15, 0.2) is 0 Å². The van der Waals surface area contributed by atoms with Gasteiger partial charge in [-0.1, -0.05) is 158 Å². The zero-order chi connectivity index (χ0) is 34.1.